The molecule has 0 aliphatic carbocycles. The van der Waals surface area contributed by atoms with E-state index in [0.29, 0.717) is 23.9 Å². The largest absolute Gasteiger partial charge is 0.467 e. The van der Waals surface area contributed by atoms with E-state index in [1.54, 1.807) is 20.1 Å². The summed E-state index contributed by atoms with van der Waals surface area (Å²) in [6.45, 7) is 7.25. The van der Waals surface area contributed by atoms with Gasteiger partial charge >= 0.3 is 18.2 Å². The number of anilines is 2. The van der Waals surface area contributed by atoms with Crippen molar-refractivity contribution in [3.8, 4) is 23.2 Å². The Hall–Kier alpha value is -4.60. The molecule has 18 heteroatoms. The molecule has 0 saturated carbocycles. The van der Waals surface area contributed by atoms with E-state index in [9.17, 15) is 32.0 Å². The Balaban J connectivity index is 0.000000187. The van der Waals surface area contributed by atoms with Crippen LogP contribution in [0.1, 0.15) is 50.2 Å². The van der Waals surface area contributed by atoms with Crippen molar-refractivity contribution >= 4 is 49.2 Å². The van der Waals surface area contributed by atoms with Crippen molar-refractivity contribution in [3.63, 3.8) is 0 Å². The SMILES string of the molecule is CCNc1nc(OC)nc2c(F)c(-c3ccc(F)c4sc(N)c(C#N)c34)c(C(F)(F)F)cc12.COC1CN(C(=O)N2CCCC2)C1.FC1CC2CCCN2C1. The van der Waals surface area contributed by atoms with Crippen molar-refractivity contribution in [1.29, 1.82) is 5.26 Å². The van der Waals surface area contributed by atoms with Crippen molar-refractivity contribution < 1.29 is 40.6 Å². The Kier molecular flexibility index (Phi) is 12.1. The highest BCUT2D eigenvalue weighted by Crippen LogP contribution is 2.47. The number of hydrogen-bond donors (Lipinski definition) is 2. The van der Waals surface area contributed by atoms with Crippen LogP contribution in [-0.2, 0) is 10.9 Å². The Labute approximate surface area is 318 Å². The lowest BCUT2D eigenvalue weighted by Crippen LogP contribution is -2.57. The number of halogens is 6. The Morgan fingerprint density at radius 3 is 2.44 bits per heavy atom. The van der Waals surface area contributed by atoms with Crippen LogP contribution >= 0.6 is 11.3 Å². The molecule has 4 aliphatic heterocycles. The highest BCUT2D eigenvalue weighted by molar-refractivity contribution is 7.23. The molecule has 2 aromatic carbocycles. The number of carbonyl (C=O) groups excluding carboxylic acids is 1. The molecule has 2 amide bonds. The van der Waals surface area contributed by atoms with Crippen LogP contribution in [-0.4, -0.2) is 109 Å². The zero-order chi connectivity index (χ0) is 39.6. The summed E-state index contributed by atoms with van der Waals surface area (Å²) >= 11 is 0.698. The van der Waals surface area contributed by atoms with E-state index < -0.39 is 40.6 Å². The van der Waals surface area contributed by atoms with Gasteiger partial charge in [0.05, 0.1) is 42.1 Å². The van der Waals surface area contributed by atoms with Gasteiger partial charge in [-0.25, -0.2) is 18.0 Å². The van der Waals surface area contributed by atoms with E-state index in [2.05, 4.69) is 20.2 Å². The summed E-state index contributed by atoms with van der Waals surface area (Å²) in [4.78, 5) is 25.7. The van der Waals surface area contributed by atoms with E-state index in [1.807, 2.05) is 9.80 Å². The summed E-state index contributed by atoms with van der Waals surface area (Å²) < 4.78 is 95.3. The fourth-order valence-electron chi connectivity index (χ4n) is 7.47. The third kappa shape index (κ3) is 8.19. The van der Waals surface area contributed by atoms with Gasteiger partial charge in [-0.15, -0.1) is 11.3 Å². The van der Waals surface area contributed by atoms with E-state index in [1.165, 1.54) is 20.0 Å². The van der Waals surface area contributed by atoms with Gasteiger partial charge in [0.15, 0.2) is 5.82 Å². The van der Waals surface area contributed by atoms with Crippen molar-refractivity contribution in [2.45, 2.75) is 63.5 Å². The van der Waals surface area contributed by atoms with Gasteiger partial charge in [0.2, 0.25) is 0 Å². The first-order valence-electron chi connectivity index (χ1n) is 18.0. The minimum absolute atomic E-state index is 0.0444. The van der Waals surface area contributed by atoms with Crippen LogP contribution in [0.4, 0.5) is 42.0 Å². The standard InChI is InChI=1S/C21H14F5N5OS.C9H16N2O2.C7H12FN/c1-3-29-19-9-6-11(21(24,25)26)14(15(23)16(9)30-20(31-19)32-2)8-4-5-12(22)17-13(8)10(7-27)18(28)33-17;1-13-8-6-11(7-8)9(12)10-4-2-3-5-10;8-6-4-7-2-1-3-9(7)5-6/h4-6H,3,28H2,1-2H3,(H,29,30,31);8H,2-7H2,1H3;6-7H,1-5H2. The van der Waals surface area contributed by atoms with E-state index in [-0.39, 0.29) is 62.1 Å². The smallest absolute Gasteiger partial charge is 0.417 e. The number of likely N-dealkylation sites (tertiary alicyclic amines) is 2. The fraction of sp³-hybridized carbons (Fsp3) is 0.514. The maximum Gasteiger partial charge on any atom is 0.417 e. The number of nitrogen functional groups attached to an aromatic ring is 1. The number of aromatic nitrogens is 2. The monoisotopic (exact) mass is 792 g/mol. The molecule has 2 unspecified atom stereocenters. The molecule has 2 aromatic heterocycles. The second-order valence-corrected chi connectivity index (χ2v) is 14.8. The van der Waals surface area contributed by atoms with Crippen molar-refractivity contribution in [2.75, 3.05) is 71.1 Å². The number of carbonyl (C=O) groups is 1. The molecule has 0 radical (unpaired) electrons. The van der Waals surface area contributed by atoms with Crippen LogP contribution in [0.2, 0.25) is 0 Å². The van der Waals surface area contributed by atoms with Crippen molar-refractivity contribution in [3.05, 3.63) is 41.0 Å². The number of amides is 2. The van der Waals surface area contributed by atoms with Gasteiger partial charge in [0.25, 0.3) is 0 Å². The van der Waals surface area contributed by atoms with Crippen LogP contribution in [0.3, 0.4) is 0 Å². The molecule has 6 heterocycles. The molecule has 0 spiro atoms. The lowest BCUT2D eigenvalue weighted by molar-refractivity contribution is -0.137. The molecular formula is C37H42F6N8O3S. The average Bonchev–Trinajstić information content (AvgIpc) is 3.94. The maximum atomic E-state index is 15.9. The predicted molar refractivity (Wildman–Crippen MR) is 198 cm³/mol. The lowest BCUT2D eigenvalue weighted by Gasteiger charge is -2.40. The molecule has 4 aromatic rings. The van der Waals surface area contributed by atoms with Gasteiger partial charge in [0, 0.05) is 55.7 Å². The number of alkyl halides is 4. The third-order valence-corrected chi connectivity index (χ3v) is 11.3. The number of methoxy groups -OCH3 is 2. The highest BCUT2D eigenvalue weighted by Gasteiger charge is 2.39. The van der Waals surface area contributed by atoms with Crippen LogP contribution in [0.5, 0.6) is 6.01 Å². The van der Waals surface area contributed by atoms with Gasteiger partial charge in [0.1, 0.15) is 34.4 Å². The summed E-state index contributed by atoms with van der Waals surface area (Å²) in [6.07, 6.45) is 0.406. The number of rotatable bonds is 5. The number of thiophene rings is 1. The molecule has 3 N–H and O–H groups in total. The van der Waals surface area contributed by atoms with Gasteiger partial charge in [-0.1, -0.05) is 6.07 Å². The number of nitrogens with one attached hydrogen (secondary N) is 1. The number of fused-ring (bicyclic) bond motifs is 3. The summed E-state index contributed by atoms with van der Waals surface area (Å²) in [5.41, 5.74) is 2.59. The Morgan fingerprint density at radius 1 is 1.09 bits per heavy atom. The molecule has 0 bridgehead atoms. The quantitative estimate of drug-likeness (QED) is 0.198. The highest BCUT2D eigenvalue weighted by atomic mass is 32.1. The first-order chi connectivity index (χ1) is 26.3. The molecule has 55 heavy (non-hydrogen) atoms. The van der Waals surface area contributed by atoms with Gasteiger partial charge in [-0.05, 0) is 63.3 Å². The van der Waals surface area contributed by atoms with Gasteiger partial charge in [-0.3, -0.25) is 4.90 Å². The van der Waals surface area contributed by atoms with Crippen LogP contribution in [0.25, 0.3) is 32.1 Å². The van der Waals surface area contributed by atoms with Crippen molar-refractivity contribution in [2.24, 2.45) is 0 Å². The predicted octanol–water partition coefficient (Wildman–Crippen LogP) is 7.43. The fourth-order valence-corrected chi connectivity index (χ4v) is 8.42. The first kappa shape index (κ1) is 40.1. The van der Waals surface area contributed by atoms with E-state index in [4.69, 9.17) is 15.2 Å². The van der Waals surface area contributed by atoms with Gasteiger partial charge < -0.3 is 30.3 Å². The van der Waals surface area contributed by atoms with Crippen molar-refractivity contribution in [1.82, 2.24) is 24.7 Å². The summed E-state index contributed by atoms with van der Waals surface area (Å²) in [5.74, 6) is -2.15. The zero-order valence-corrected chi connectivity index (χ0v) is 31.4. The number of nitriles is 1. The van der Waals surface area contributed by atoms with E-state index in [0.717, 1.165) is 70.2 Å². The molecular weight excluding hydrogens is 751 g/mol. The van der Waals surface area contributed by atoms with E-state index >= 15 is 4.39 Å². The maximum absolute atomic E-state index is 15.9. The van der Waals surface area contributed by atoms with Gasteiger partial charge in [-0.2, -0.15) is 28.4 Å². The second kappa shape index (κ2) is 16.6. The molecule has 2 atom stereocenters. The second-order valence-electron chi connectivity index (χ2n) is 13.7. The molecule has 4 fully saturated rings. The number of urea groups is 1. The zero-order valence-electron chi connectivity index (χ0n) is 30.6. The lowest BCUT2D eigenvalue weighted by atomic mass is 9.92. The van der Waals surface area contributed by atoms with Crippen LogP contribution in [0.15, 0.2) is 18.2 Å². The Bertz CT molecular complexity index is 2070. The minimum Gasteiger partial charge on any atom is -0.467 e. The number of benzene rings is 2. The normalized spacial score (nSPS) is 19.7. The van der Waals surface area contributed by atoms with Crippen LogP contribution < -0.4 is 15.8 Å². The molecule has 296 valence electrons. The Morgan fingerprint density at radius 2 is 1.82 bits per heavy atom. The minimum atomic E-state index is -5.00. The number of ether oxygens (including phenoxy) is 2. The molecule has 4 aliphatic rings. The summed E-state index contributed by atoms with van der Waals surface area (Å²) in [7, 11) is 2.93. The summed E-state index contributed by atoms with van der Waals surface area (Å²) in [5, 5.41) is 11.8. The molecule has 4 saturated heterocycles. The molecule has 11 nitrogen and oxygen atoms in total. The topological polar surface area (TPSA) is 133 Å². The number of hydrogen-bond acceptors (Lipinski definition) is 10. The number of nitrogens with two attached hydrogens (primary N) is 1. The first-order valence-corrected chi connectivity index (χ1v) is 18.9. The summed E-state index contributed by atoms with van der Waals surface area (Å²) in [6, 6.07) is 4.95. The van der Waals surface area contributed by atoms with Crippen LogP contribution in [0, 0.1) is 23.0 Å². The molecule has 8 rings (SSSR count). The average molecular weight is 793 g/mol. The number of nitrogens with zero attached hydrogens (tertiary/aromatic N) is 6. The third-order valence-electron chi connectivity index (χ3n) is 10.2.